The Balaban J connectivity index is 1.86. The van der Waals surface area contributed by atoms with Gasteiger partial charge in [-0.15, -0.1) is 0 Å². The zero-order valence-corrected chi connectivity index (χ0v) is 18.5. The molecule has 1 unspecified atom stereocenters. The van der Waals surface area contributed by atoms with E-state index >= 15 is 0 Å². The van der Waals surface area contributed by atoms with Crippen LogP contribution in [0.5, 0.6) is 11.5 Å². The van der Waals surface area contributed by atoms with E-state index in [1.165, 1.54) is 0 Å². The van der Waals surface area contributed by atoms with Crippen molar-refractivity contribution < 1.29 is 14.3 Å². The fourth-order valence-corrected chi connectivity index (χ4v) is 4.43. The van der Waals surface area contributed by atoms with Gasteiger partial charge < -0.3 is 18.9 Å². The maximum Gasteiger partial charge on any atom is 0.271 e. The van der Waals surface area contributed by atoms with Crippen LogP contribution in [-0.2, 0) is 13.5 Å². The first kappa shape index (κ1) is 20.6. The summed E-state index contributed by atoms with van der Waals surface area (Å²) in [6.45, 7) is 0.557. The molecular weight excluding hydrogens is 423 g/mol. The number of carbonyl (C=O) groups excluding carboxylic acids is 1. The van der Waals surface area contributed by atoms with Gasteiger partial charge >= 0.3 is 0 Å². The predicted molar refractivity (Wildman–Crippen MR) is 118 cm³/mol. The van der Waals surface area contributed by atoms with Gasteiger partial charge in [-0.2, -0.15) is 0 Å². The summed E-state index contributed by atoms with van der Waals surface area (Å²) in [5.41, 5.74) is 3.62. The highest BCUT2D eigenvalue weighted by Gasteiger charge is 2.35. The Morgan fingerprint density at radius 3 is 2.30 bits per heavy atom. The molecule has 5 nitrogen and oxygen atoms in total. The molecule has 0 radical (unpaired) electrons. The second-order valence-corrected chi connectivity index (χ2v) is 7.96. The van der Waals surface area contributed by atoms with Gasteiger partial charge in [-0.3, -0.25) is 4.79 Å². The third-order valence-corrected chi connectivity index (χ3v) is 6.43. The summed E-state index contributed by atoms with van der Waals surface area (Å²) in [5.74, 6) is 1.20. The third-order valence-electron chi connectivity index (χ3n) is 5.59. The van der Waals surface area contributed by atoms with Gasteiger partial charge in [0.05, 0.1) is 25.3 Å². The van der Waals surface area contributed by atoms with Crippen LogP contribution >= 0.6 is 23.2 Å². The summed E-state index contributed by atoms with van der Waals surface area (Å²) >= 11 is 12.4. The second-order valence-electron chi connectivity index (χ2n) is 7.20. The Bertz CT molecular complexity index is 1100. The Labute approximate surface area is 185 Å². The van der Waals surface area contributed by atoms with Crippen molar-refractivity contribution in [2.24, 2.45) is 7.05 Å². The molecule has 0 N–H and O–H groups in total. The second kappa shape index (κ2) is 8.25. The predicted octanol–water partition coefficient (Wildman–Crippen LogP) is 5.14. The summed E-state index contributed by atoms with van der Waals surface area (Å²) in [5, 5.41) is 0.711. The average Bonchev–Trinajstić information content (AvgIpc) is 3.04. The number of halogens is 2. The highest BCUT2D eigenvalue weighted by Crippen LogP contribution is 2.41. The zero-order valence-electron chi connectivity index (χ0n) is 17.0. The number of hydrogen-bond acceptors (Lipinski definition) is 3. The van der Waals surface area contributed by atoms with Crippen LogP contribution in [0.2, 0.25) is 10.2 Å². The van der Waals surface area contributed by atoms with E-state index in [0.29, 0.717) is 40.3 Å². The van der Waals surface area contributed by atoms with Gasteiger partial charge in [0.2, 0.25) is 0 Å². The normalized spacial score (nSPS) is 15.6. The molecule has 1 atom stereocenters. The van der Waals surface area contributed by atoms with E-state index in [4.69, 9.17) is 32.7 Å². The highest BCUT2D eigenvalue weighted by molar-refractivity contribution is 6.41. The lowest BCUT2D eigenvalue weighted by atomic mass is 9.87. The number of ether oxygens (including phenoxy) is 2. The number of methoxy groups -OCH3 is 2. The number of carbonyl (C=O) groups is 1. The van der Waals surface area contributed by atoms with Crippen molar-refractivity contribution in [2.45, 2.75) is 12.5 Å². The minimum absolute atomic E-state index is 0.124. The Kier molecular flexibility index (Phi) is 5.67. The summed E-state index contributed by atoms with van der Waals surface area (Å²) < 4.78 is 12.6. The molecular formula is C23H22Cl2N2O3. The lowest BCUT2D eigenvalue weighted by Crippen LogP contribution is -2.41. The number of nitrogens with zero attached hydrogens (tertiary/aromatic N) is 2. The Morgan fingerprint density at radius 2 is 1.70 bits per heavy atom. The van der Waals surface area contributed by atoms with Crippen molar-refractivity contribution in [3.05, 3.63) is 81.1 Å². The first-order valence-corrected chi connectivity index (χ1v) is 10.3. The number of aromatic nitrogens is 1. The van der Waals surface area contributed by atoms with Crippen LogP contribution in [-0.4, -0.2) is 36.1 Å². The molecule has 3 aromatic rings. The smallest absolute Gasteiger partial charge is 0.271 e. The van der Waals surface area contributed by atoms with E-state index < -0.39 is 0 Å². The van der Waals surface area contributed by atoms with Crippen LogP contribution in [0.15, 0.2) is 48.5 Å². The molecule has 2 heterocycles. The standard InChI is InChI=1S/C23H22Cl2N2O3/c1-26-18(13-17(24)22(26)25)23(28)27-10-9-15-11-19(29-2)20(30-3)12-16(15)21(27)14-7-5-4-6-8-14/h4-8,11-13,21H,9-10H2,1-3H3. The van der Waals surface area contributed by atoms with E-state index in [9.17, 15) is 4.79 Å². The SMILES string of the molecule is COc1cc2c(cc1OC)C(c1ccccc1)N(C(=O)c1cc(Cl)c(Cl)n1C)CC2. The first-order chi connectivity index (χ1) is 14.5. The van der Waals surface area contributed by atoms with E-state index in [1.54, 1.807) is 31.9 Å². The average molecular weight is 445 g/mol. The lowest BCUT2D eigenvalue weighted by molar-refractivity contribution is 0.0684. The van der Waals surface area contributed by atoms with E-state index in [-0.39, 0.29) is 11.9 Å². The van der Waals surface area contributed by atoms with Crippen LogP contribution < -0.4 is 9.47 Å². The minimum Gasteiger partial charge on any atom is -0.493 e. The molecule has 1 aliphatic rings. The first-order valence-electron chi connectivity index (χ1n) is 9.57. The largest absolute Gasteiger partial charge is 0.493 e. The number of hydrogen-bond donors (Lipinski definition) is 0. The molecule has 4 rings (SSSR count). The van der Waals surface area contributed by atoms with E-state index in [0.717, 1.165) is 16.7 Å². The molecule has 0 aliphatic carbocycles. The van der Waals surface area contributed by atoms with E-state index in [1.807, 2.05) is 47.4 Å². The maximum absolute atomic E-state index is 13.6. The summed E-state index contributed by atoms with van der Waals surface area (Å²) in [6, 6.07) is 15.3. The van der Waals surface area contributed by atoms with E-state index in [2.05, 4.69) is 0 Å². The van der Waals surface area contributed by atoms with Crippen LogP contribution in [0.25, 0.3) is 0 Å². The van der Waals surface area contributed by atoms with Crippen LogP contribution in [0.1, 0.15) is 33.2 Å². The van der Waals surface area contributed by atoms with Gasteiger partial charge in [-0.1, -0.05) is 53.5 Å². The molecule has 1 amide bonds. The van der Waals surface area contributed by atoms with Crippen molar-refractivity contribution >= 4 is 29.1 Å². The van der Waals surface area contributed by atoms with Gasteiger partial charge in [0.15, 0.2) is 11.5 Å². The van der Waals surface area contributed by atoms with Gasteiger partial charge in [0, 0.05) is 13.6 Å². The third kappa shape index (κ3) is 3.42. The molecule has 7 heteroatoms. The molecule has 156 valence electrons. The van der Waals surface area contributed by atoms with Gasteiger partial charge in [-0.25, -0.2) is 0 Å². The zero-order chi connectivity index (χ0) is 21.4. The van der Waals surface area contributed by atoms with Crippen molar-refractivity contribution in [1.82, 2.24) is 9.47 Å². The maximum atomic E-state index is 13.6. The van der Waals surface area contributed by atoms with Crippen LogP contribution in [0.3, 0.4) is 0 Å². The fraction of sp³-hybridized carbons (Fsp3) is 0.261. The molecule has 1 aliphatic heterocycles. The summed E-state index contributed by atoms with van der Waals surface area (Å²) in [7, 11) is 4.98. The molecule has 0 saturated carbocycles. The fourth-order valence-electron chi connectivity index (χ4n) is 4.05. The Hall–Kier alpha value is -2.63. The highest BCUT2D eigenvalue weighted by atomic mass is 35.5. The minimum atomic E-state index is -0.269. The molecule has 0 bridgehead atoms. The Morgan fingerprint density at radius 1 is 1.03 bits per heavy atom. The van der Waals surface area contributed by atoms with Crippen molar-refractivity contribution in [3.8, 4) is 11.5 Å². The molecule has 30 heavy (non-hydrogen) atoms. The topological polar surface area (TPSA) is 43.7 Å². The molecule has 0 saturated heterocycles. The number of amides is 1. The van der Waals surface area contributed by atoms with Crippen molar-refractivity contribution in [1.29, 1.82) is 0 Å². The number of benzene rings is 2. The van der Waals surface area contributed by atoms with Gasteiger partial charge in [-0.05, 0) is 41.3 Å². The quantitative estimate of drug-likeness (QED) is 0.559. The van der Waals surface area contributed by atoms with Crippen LogP contribution in [0.4, 0.5) is 0 Å². The lowest BCUT2D eigenvalue weighted by Gasteiger charge is -2.38. The number of fused-ring (bicyclic) bond motifs is 1. The summed E-state index contributed by atoms with van der Waals surface area (Å²) in [6.07, 6.45) is 0.705. The van der Waals surface area contributed by atoms with Crippen molar-refractivity contribution in [2.75, 3.05) is 20.8 Å². The molecule has 0 spiro atoms. The molecule has 0 fully saturated rings. The van der Waals surface area contributed by atoms with Gasteiger partial charge in [0.25, 0.3) is 5.91 Å². The monoisotopic (exact) mass is 444 g/mol. The van der Waals surface area contributed by atoms with Crippen molar-refractivity contribution in [3.63, 3.8) is 0 Å². The molecule has 1 aromatic heterocycles. The van der Waals surface area contributed by atoms with Gasteiger partial charge in [0.1, 0.15) is 10.8 Å². The number of rotatable bonds is 4. The molecule has 2 aromatic carbocycles. The van der Waals surface area contributed by atoms with Crippen LogP contribution in [0, 0.1) is 0 Å². The summed E-state index contributed by atoms with van der Waals surface area (Å²) in [4.78, 5) is 15.5.